The van der Waals surface area contributed by atoms with Crippen LogP contribution < -0.4 is 5.32 Å². The molecule has 1 atom stereocenters. The van der Waals surface area contributed by atoms with Crippen molar-refractivity contribution in [2.75, 3.05) is 6.61 Å². The molecule has 4 rings (SSSR count). The number of aromatic amines is 1. The number of aryl methyl sites for hydroxylation is 1. The zero-order valence-electron chi connectivity index (χ0n) is 14.7. The predicted octanol–water partition coefficient (Wildman–Crippen LogP) is 2.28. The number of halogens is 1. The summed E-state index contributed by atoms with van der Waals surface area (Å²) in [4.78, 5) is 24.4. The van der Waals surface area contributed by atoms with Crippen LogP contribution in [-0.4, -0.2) is 48.4 Å². The number of H-pyrrole nitrogens is 1. The zero-order valence-corrected chi connectivity index (χ0v) is 15.4. The lowest BCUT2D eigenvalue weighted by Crippen LogP contribution is -2.34. The van der Waals surface area contributed by atoms with Crippen LogP contribution in [0.25, 0.3) is 33.5 Å². The number of aromatic nitrogens is 5. The Kier molecular flexibility index (Phi) is 4.29. The molecule has 0 aliphatic rings. The molecule has 0 spiro atoms. The second-order valence-corrected chi connectivity index (χ2v) is 6.78. The second-order valence-electron chi connectivity index (χ2n) is 6.35. The summed E-state index contributed by atoms with van der Waals surface area (Å²) in [7, 11) is 1.83. The predicted molar refractivity (Wildman–Crippen MR) is 103 cm³/mol. The van der Waals surface area contributed by atoms with Crippen LogP contribution in [0.1, 0.15) is 17.3 Å². The molecule has 27 heavy (non-hydrogen) atoms. The Hall–Kier alpha value is -2.97. The van der Waals surface area contributed by atoms with E-state index >= 15 is 0 Å². The number of rotatable bonds is 4. The van der Waals surface area contributed by atoms with E-state index in [0.717, 1.165) is 10.9 Å². The third kappa shape index (κ3) is 3.02. The summed E-state index contributed by atoms with van der Waals surface area (Å²) in [5.41, 5.74) is 3.41. The van der Waals surface area contributed by atoms with Crippen LogP contribution in [0.15, 0.2) is 30.6 Å². The summed E-state index contributed by atoms with van der Waals surface area (Å²) < 4.78 is 1.73. The first-order chi connectivity index (χ1) is 13.0. The van der Waals surface area contributed by atoms with Crippen molar-refractivity contribution in [1.29, 1.82) is 0 Å². The van der Waals surface area contributed by atoms with E-state index in [1.54, 1.807) is 30.1 Å². The van der Waals surface area contributed by atoms with Gasteiger partial charge in [0.15, 0.2) is 5.65 Å². The van der Waals surface area contributed by atoms with Gasteiger partial charge in [-0.2, -0.15) is 5.10 Å². The molecule has 3 heterocycles. The number of fused-ring (bicyclic) bond motifs is 2. The van der Waals surface area contributed by atoms with Crippen LogP contribution in [0.4, 0.5) is 0 Å². The smallest absolute Gasteiger partial charge is 0.255 e. The van der Waals surface area contributed by atoms with Gasteiger partial charge in [-0.3, -0.25) is 9.48 Å². The van der Waals surface area contributed by atoms with E-state index in [9.17, 15) is 4.79 Å². The average molecular weight is 385 g/mol. The molecule has 0 aliphatic carbocycles. The number of hydrogen-bond acceptors (Lipinski definition) is 5. The molecule has 0 fully saturated rings. The number of benzene rings is 1. The van der Waals surface area contributed by atoms with Crippen LogP contribution in [0.3, 0.4) is 0 Å². The lowest BCUT2D eigenvalue weighted by molar-refractivity contribution is 0.0924. The Morgan fingerprint density at radius 3 is 3.04 bits per heavy atom. The van der Waals surface area contributed by atoms with Crippen LogP contribution in [0.2, 0.25) is 5.02 Å². The zero-order chi connectivity index (χ0) is 19.1. The molecule has 1 amide bonds. The van der Waals surface area contributed by atoms with Crippen molar-refractivity contribution in [1.82, 2.24) is 30.0 Å². The number of hydrogen-bond donors (Lipinski definition) is 3. The summed E-state index contributed by atoms with van der Waals surface area (Å²) in [6.45, 7) is 1.57. The fourth-order valence-electron chi connectivity index (χ4n) is 2.95. The van der Waals surface area contributed by atoms with Gasteiger partial charge in [0.25, 0.3) is 5.91 Å². The van der Waals surface area contributed by atoms with Gasteiger partial charge in [-0.05, 0) is 25.1 Å². The quantitative estimate of drug-likeness (QED) is 0.500. The summed E-state index contributed by atoms with van der Waals surface area (Å²) in [5.74, 6) is -0.327. The number of aliphatic hydroxyl groups excluding tert-OH is 1. The molecule has 138 valence electrons. The molecule has 8 nitrogen and oxygen atoms in total. The minimum atomic E-state index is -0.358. The van der Waals surface area contributed by atoms with E-state index in [-0.39, 0.29) is 18.6 Å². The van der Waals surface area contributed by atoms with E-state index in [4.69, 9.17) is 16.7 Å². The maximum absolute atomic E-state index is 12.4. The van der Waals surface area contributed by atoms with E-state index < -0.39 is 0 Å². The van der Waals surface area contributed by atoms with E-state index in [1.807, 2.05) is 19.2 Å². The highest BCUT2D eigenvalue weighted by Gasteiger charge is 2.19. The summed E-state index contributed by atoms with van der Waals surface area (Å²) in [6, 6.07) is 5.17. The van der Waals surface area contributed by atoms with E-state index in [2.05, 4.69) is 25.4 Å². The van der Waals surface area contributed by atoms with Gasteiger partial charge in [-0.25, -0.2) is 9.97 Å². The third-order valence-corrected chi connectivity index (χ3v) is 4.57. The van der Waals surface area contributed by atoms with Crippen molar-refractivity contribution in [3.05, 3.63) is 41.2 Å². The maximum Gasteiger partial charge on any atom is 0.255 e. The van der Waals surface area contributed by atoms with Crippen molar-refractivity contribution in [3.63, 3.8) is 0 Å². The summed E-state index contributed by atoms with van der Waals surface area (Å²) >= 11 is 6.08. The van der Waals surface area contributed by atoms with Crippen LogP contribution in [-0.2, 0) is 7.05 Å². The normalized spacial score (nSPS) is 12.6. The Balaban J connectivity index is 1.82. The largest absolute Gasteiger partial charge is 0.394 e. The number of nitrogens with zero attached hydrogens (tertiary/aromatic N) is 4. The fourth-order valence-corrected chi connectivity index (χ4v) is 3.11. The summed E-state index contributed by atoms with van der Waals surface area (Å²) in [6.07, 6.45) is 3.18. The van der Waals surface area contributed by atoms with Gasteiger partial charge < -0.3 is 15.4 Å². The van der Waals surface area contributed by atoms with Crippen molar-refractivity contribution < 1.29 is 9.90 Å². The minimum Gasteiger partial charge on any atom is -0.394 e. The van der Waals surface area contributed by atoms with Crippen molar-refractivity contribution in [2.24, 2.45) is 7.05 Å². The molecule has 1 aromatic carbocycles. The molecule has 0 bridgehead atoms. The highest BCUT2D eigenvalue weighted by molar-refractivity contribution is 6.31. The number of carbonyl (C=O) groups excluding carboxylic acids is 1. The molecule has 0 unspecified atom stereocenters. The lowest BCUT2D eigenvalue weighted by atomic mass is 10.1. The van der Waals surface area contributed by atoms with Crippen molar-refractivity contribution in [2.45, 2.75) is 13.0 Å². The third-order valence-electron chi connectivity index (χ3n) is 4.33. The molecule has 9 heteroatoms. The van der Waals surface area contributed by atoms with Gasteiger partial charge in [0.2, 0.25) is 0 Å². The first kappa shape index (κ1) is 17.4. The number of aliphatic hydroxyl groups is 1. The first-order valence-electron chi connectivity index (χ1n) is 8.36. The molecule has 0 radical (unpaired) electrons. The monoisotopic (exact) mass is 384 g/mol. The molecule has 4 aromatic rings. The average Bonchev–Trinajstić information content (AvgIpc) is 3.22. The van der Waals surface area contributed by atoms with Gasteiger partial charge in [0.05, 0.1) is 23.9 Å². The van der Waals surface area contributed by atoms with Crippen LogP contribution in [0, 0.1) is 0 Å². The highest BCUT2D eigenvalue weighted by atomic mass is 35.5. The van der Waals surface area contributed by atoms with Crippen LogP contribution >= 0.6 is 11.6 Å². The molecule has 0 saturated carbocycles. The SMILES string of the molecule is C[C@H](CO)NC(=O)c1c[nH]c2ncc(-c3nn(C)c4cc(Cl)ccc34)nc12. The topological polar surface area (TPSA) is 109 Å². The van der Waals surface area contributed by atoms with Gasteiger partial charge in [0, 0.05) is 29.7 Å². The molecular weight excluding hydrogens is 368 g/mol. The number of carbonyl (C=O) groups is 1. The van der Waals surface area contributed by atoms with Crippen molar-refractivity contribution >= 4 is 39.6 Å². The Bertz CT molecular complexity index is 1170. The Morgan fingerprint density at radius 1 is 1.44 bits per heavy atom. The Labute approximate surface area is 159 Å². The molecule has 0 aliphatic heterocycles. The lowest BCUT2D eigenvalue weighted by Gasteiger charge is -2.09. The number of amides is 1. The maximum atomic E-state index is 12.4. The van der Waals surface area contributed by atoms with Gasteiger partial charge >= 0.3 is 0 Å². The van der Waals surface area contributed by atoms with Crippen molar-refractivity contribution in [3.8, 4) is 11.4 Å². The molecule has 3 N–H and O–H groups in total. The van der Waals surface area contributed by atoms with Crippen LogP contribution in [0.5, 0.6) is 0 Å². The Morgan fingerprint density at radius 2 is 2.26 bits per heavy atom. The van der Waals surface area contributed by atoms with Gasteiger partial charge in [0.1, 0.15) is 16.9 Å². The molecule has 3 aromatic heterocycles. The fraction of sp³-hybridized carbons (Fsp3) is 0.222. The summed E-state index contributed by atoms with van der Waals surface area (Å²) in [5, 5.41) is 17.9. The van der Waals surface area contributed by atoms with E-state index in [0.29, 0.717) is 33.1 Å². The molecule has 0 saturated heterocycles. The number of nitrogens with one attached hydrogen (secondary N) is 2. The van der Waals surface area contributed by atoms with Gasteiger partial charge in [-0.15, -0.1) is 0 Å². The highest BCUT2D eigenvalue weighted by Crippen LogP contribution is 2.29. The first-order valence-corrected chi connectivity index (χ1v) is 8.74. The second kappa shape index (κ2) is 6.64. The molecular formula is C18H17ClN6O2. The minimum absolute atomic E-state index is 0.145. The van der Waals surface area contributed by atoms with Gasteiger partial charge in [-0.1, -0.05) is 11.6 Å². The van der Waals surface area contributed by atoms with E-state index in [1.165, 1.54) is 0 Å². The standard InChI is InChI=1S/C18H17ClN6O2/c1-9(8-26)22-18(27)12-6-20-17-16(12)23-13(7-21-17)15-11-4-3-10(19)5-14(11)25(2)24-15/h3-7,9,26H,8H2,1-2H3,(H,20,21)(H,22,27)/t9-/m1/s1.